The monoisotopic (exact) mass is 453 g/mol. The maximum absolute atomic E-state index is 11.3. The Morgan fingerprint density at radius 2 is 2.04 bits per heavy atom. The molecule has 1 aliphatic rings. The molecule has 1 atom stereocenters. The molecule has 1 unspecified atom stereocenters. The van der Waals surface area contributed by atoms with E-state index in [2.05, 4.69) is 39.0 Å². The van der Waals surface area contributed by atoms with Gasteiger partial charge < -0.3 is 14.6 Å². The van der Waals surface area contributed by atoms with Crippen molar-refractivity contribution in [1.29, 1.82) is 0 Å². The van der Waals surface area contributed by atoms with Gasteiger partial charge in [0.05, 0.1) is 29.5 Å². The lowest BCUT2D eigenvalue weighted by molar-refractivity contribution is -0.143. The highest BCUT2D eigenvalue weighted by Gasteiger charge is 2.31. The molecule has 5 nitrogen and oxygen atoms in total. The third kappa shape index (κ3) is 4.65. The molecule has 2 aromatic rings. The molecule has 1 saturated heterocycles. The summed E-state index contributed by atoms with van der Waals surface area (Å²) >= 11 is 5.27. The number of hydrogen-bond acceptors (Lipinski definition) is 5. The summed E-state index contributed by atoms with van der Waals surface area (Å²) in [5, 5.41) is 9.30. The average molecular weight is 454 g/mol. The number of rotatable bonds is 7. The van der Waals surface area contributed by atoms with E-state index in [1.54, 1.807) is 18.4 Å². The molecule has 0 bridgehead atoms. The molecule has 1 aromatic carbocycles. The molecule has 3 rings (SSSR count). The Hall–Kier alpha value is -1.57. The molecule has 27 heavy (non-hydrogen) atoms. The summed E-state index contributed by atoms with van der Waals surface area (Å²) in [6, 6.07) is 10.3. The number of ether oxygens (including phenoxy) is 2. The number of hydrogen-bond donors (Lipinski definition) is 1. The van der Waals surface area contributed by atoms with Gasteiger partial charge in [0.25, 0.3) is 0 Å². The highest BCUT2D eigenvalue weighted by atomic mass is 79.9. The average Bonchev–Trinajstić information content (AvgIpc) is 3.09. The van der Waals surface area contributed by atoms with E-state index in [4.69, 9.17) is 9.47 Å². The van der Waals surface area contributed by atoms with E-state index >= 15 is 0 Å². The largest absolute Gasteiger partial charge is 0.493 e. The lowest BCUT2D eigenvalue weighted by Gasteiger charge is -2.36. The number of piperidine rings is 1. The lowest BCUT2D eigenvalue weighted by Crippen LogP contribution is -2.39. The quantitative estimate of drug-likeness (QED) is 0.651. The number of aliphatic carboxylic acids is 1. The van der Waals surface area contributed by atoms with Crippen molar-refractivity contribution in [3.8, 4) is 11.5 Å². The third-order valence-corrected chi connectivity index (χ3v) is 6.59. The molecular formula is C20H24BrNO4S. The molecule has 0 aliphatic carbocycles. The van der Waals surface area contributed by atoms with Crippen LogP contribution in [-0.2, 0) is 4.79 Å². The van der Waals surface area contributed by atoms with Gasteiger partial charge in [-0.05, 0) is 78.6 Å². The molecule has 0 amide bonds. The second-order valence-corrected chi connectivity index (χ2v) is 9.03. The summed E-state index contributed by atoms with van der Waals surface area (Å²) in [6.07, 6.45) is 1.35. The van der Waals surface area contributed by atoms with Crippen molar-refractivity contribution in [2.45, 2.75) is 25.8 Å². The number of thiophene rings is 1. The number of nitrogens with zero attached hydrogens (tertiary/aromatic N) is 1. The molecule has 0 radical (unpaired) electrons. The molecule has 1 aliphatic heterocycles. The van der Waals surface area contributed by atoms with Crippen molar-refractivity contribution < 1.29 is 19.4 Å². The molecule has 7 heteroatoms. The van der Waals surface area contributed by atoms with Crippen molar-refractivity contribution in [2.24, 2.45) is 5.92 Å². The van der Waals surface area contributed by atoms with Gasteiger partial charge in [-0.15, -0.1) is 11.3 Å². The van der Waals surface area contributed by atoms with Crippen LogP contribution in [0.3, 0.4) is 0 Å². The standard InChI is InChI=1S/C20H24BrNO4S/c1-3-26-15-5-4-14(12-16(15)25-2)19(17-6-7-18(21)27-17)22-10-8-13(9-11-22)20(23)24/h4-7,12-13,19H,3,8-11H2,1-2H3,(H,23,24). The second-order valence-electron chi connectivity index (χ2n) is 6.54. The Bertz CT molecular complexity index is 786. The van der Waals surface area contributed by atoms with Crippen molar-refractivity contribution in [3.63, 3.8) is 0 Å². The number of halogens is 1. The fraction of sp³-hybridized carbons (Fsp3) is 0.450. The first kappa shape index (κ1) is 20.2. The Morgan fingerprint density at radius 3 is 2.59 bits per heavy atom. The van der Waals surface area contributed by atoms with Crippen LogP contribution in [0.1, 0.15) is 36.2 Å². The van der Waals surface area contributed by atoms with Crippen LogP contribution in [0, 0.1) is 5.92 Å². The minimum Gasteiger partial charge on any atom is -0.493 e. The Kier molecular flexibility index (Phi) is 6.78. The van der Waals surface area contributed by atoms with Crippen LogP contribution in [0.2, 0.25) is 0 Å². The maximum Gasteiger partial charge on any atom is 0.306 e. The predicted octanol–water partition coefficient (Wildman–Crippen LogP) is 4.80. The zero-order chi connectivity index (χ0) is 19.4. The van der Waals surface area contributed by atoms with Crippen LogP contribution in [-0.4, -0.2) is 42.8 Å². The SMILES string of the molecule is CCOc1ccc(C(c2ccc(Br)s2)N2CCC(C(=O)O)CC2)cc1OC. The number of carbonyl (C=O) groups is 1. The number of methoxy groups -OCH3 is 1. The first-order valence-corrected chi connectivity index (χ1v) is 10.7. The van der Waals surface area contributed by atoms with Gasteiger partial charge in [-0.2, -0.15) is 0 Å². The van der Waals surface area contributed by atoms with Crippen LogP contribution in [0.25, 0.3) is 0 Å². The second kappa shape index (κ2) is 9.08. The van der Waals surface area contributed by atoms with Crippen LogP contribution in [0.4, 0.5) is 0 Å². The summed E-state index contributed by atoms with van der Waals surface area (Å²) < 4.78 is 12.3. The van der Waals surface area contributed by atoms with Crippen molar-refractivity contribution >= 4 is 33.2 Å². The summed E-state index contributed by atoms with van der Waals surface area (Å²) in [5.74, 6) is 0.523. The van der Waals surface area contributed by atoms with Crippen LogP contribution in [0.5, 0.6) is 11.5 Å². The zero-order valence-corrected chi connectivity index (χ0v) is 17.9. The Labute approximate surface area is 172 Å². The minimum absolute atomic E-state index is 0.0700. The summed E-state index contributed by atoms with van der Waals surface area (Å²) in [5.41, 5.74) is 1.12. The van der Waals surface area contributed by atoms with Gasteiger partial charge in [0.1, 0.15) is 0 Å². The van der Waals surface area contributed by atoms with Gasteiger partial charge in [-0.3, -0.25) is 9.69 Å². The van der Waals surface area contributed by atoms with Gasteiger partial charge in [0.15, 0.2) is 11.5 Å². The molecule has 0 spiro atoms. The van der Waals surface area contributed by atoms with Gasteiger partial charge in [0, 0.05) is 4.88 Å². The molecule has 2 heterocycles. The van der Waals surface area contributed by atoms with Crippen molar-refractivity contribution in [3.05, 3.63) is 44.6 Å². The van der Waals surface area contributed by atoms with Crippen molar-refractivity contribution in [1.82, 2.24) is 4.90 Å². The molecular weight excluding hydrogens is 430 g/mol. The van der Waals surface area contributed by atoms with E-state index < -0.39 is 5.97 Å². The maximum atomic E-state index is 11.3. The normalized spacial score (nSPS) is 16.9. The fourth-order valence-corrected chi connectivity index (χ4v) is 5.15. The number of carboxylic acids is 1. The fourth-order valence-electron chi connectivity index (χ4n) is 3.56. The van der Waals surface area contributed by atoms with E-state index in [0.29, 0.717) is 19.4 Å². The Balaban J connectivity index is 1.93. The minimum atomic E-state index is -0.687. The molecule has 1 fully saturated rings. The molecule has 0 saturated carbocycles. The highest BCUT2D eigenvalue weighted by Crippen LogP contribution is 2.40. The van der Waals surface area contributed by atoms with Crippen molar-refractivity contribution in [2.75, 3.05) is 26.8 Å². The number of benzene rings is 1. The smallest absolute Gasteiger partial charge is 0.306 e. The lowest BCUT2D eigenvalue weighted by atomic mass is 9.93. The van der Waals surface area contributed by atoms with E-state index in [9.17, 15) is 9.90 Å². The molecule has 1 aromatic heterocycles. The molecule has 146 valence electrons. The van der Waals surface area contributed by atoms with Crippen LogP contribution >= 0.6 is 27.3 Å². The van der Waals surface area contributed by atoms with Crippen LogP contribution in [0.15, 0.2) is 34.1 Å². The summed E-state index contributed by atoms with van der Waals surface area (Å²) in [6.45, 7) is 4.05. The van der Waals surface area contributed by atoms with Gasteiger partial charge in [-0.25, -0.2) is 0 Å². The summed E-state index contributed by atoms with van der Waals surface area (Å²) in [7, 11) is 1.65. The topological polar surface area (TPSA) is 59.0 Å². The van der Waals surface area contributed by atoms with E-state index in [1.165, 1.54) is 4.88 Å². The zero-order valence-electron chi connectivity index (χ0n) is 15.5. The van der Waals surface area contributed by atoms with E-state index in [0.717, 1.165) is 33.9 Å². The van der Waals surface area contributed by atoms with E-state index in [1.807, 2.05) is 19.1 Å². The highest BCUT2D eigenvalue weighted by molar-refractivity contribution is 9.11. The Morgan fingerprint density at radius 1 is 1.30 bits per heavy atom. The first-order valence-electron chi connectivity index (χ1n) is 9.06. The number of likely N-dealkylation sites (tertiary alicyclic amines) is 1. The summed E-state index contributed by atoms with van der Waals surface area (Å²) in [4.78, 5) is 14.9. The van der Waals surface area contributed by atoms with Gasteiger partial charge >= 0.3 is 5.97 Å². The number of carboxylic acid groups (broad SMARTS) is 1. The first-order chi connectivity index (χ1) is 13.0. The predicted molar refractivity (Wildman–Crippen MR) is 110 cm³/mol. The van der Waals surface area contributed by atoms with E-state index in [-0.39, 0.29) is 12.0 Å². The third-order valence-electron chi connectivity index (χ3n) is 4.91. The van der Waals surface area contributed by atoms with Crippen LogP contribution < -0.4 is 9.47 Å². The van der Waals surface area contributed by atoms with Gasteiger partial charge in [-0.1, -0.05) is 6.07 Å². The van der Waals surface area contributed by atoms with Gasteiger partial charge in [0.2, 0.25) is 0 Å². The molecule has 1 N–H and O–H groups in total.